The Kier molecular flexibility index (Phi) is 4.37. The van der Waals surface area contributed by atoms with Crippen molar-refractivity contribution in [3.8, 4) is 0 Å². The number of H-pyrrole nitrogens is 2. The van der Waals surface area contributed by atoms with Crippen LogP contribution in [0.1, 0.15) is 32.6 Å². The summed E-state index contributed by atoms with van der Waals surface area (Å²) >= 11 is 1.03. The number of fused-ring (bicyclic) bond motifs is 2. The number of amides is 1. The molecular weight excluding hydrogens is 304 g/mol. The highest BCUT2D eigenvalue weighted by molar-refractivity contribution is 7.99. The molecule has 3 N–H and O–H groups in total. The standard InChI is InChI=1S/C14H20N4O3S/c1-7(10-5-8-2-3-9(10)4-8)15-11(19)6-22-13-12(20)16-14(21)18-17-13/h7-10H,2-6H2,1H3,(H,15,19)(H2,16,18,20,21)/t7-,8-,9-,10+/m0/s1. The minimum absolute atomic E-state index is 0.0994. The Morgan fingerprint density at radius 1 is 1.41 bits per heavy atom. The zero-order valence-corrected chi connectivity index (χ0v) is 13.2. The van der Waals surface area contributed by atoms with Crippen LogP contribution in [0.15, 0.2) is 14.6 Å². The molecule has 0 spiro atoms. The number of nitrogens with one attached hydrogen (secondary N) is 3. The lowest BCUT2D eigenvalue weighted by Crippen LogP contribution is -2.41. The van der Waals surface area contributed by atoms with Gasteiger partial charge in [-0.3, -0.25) is 14.6 Å². The fourth-order valence-corrected chi connectivity index (χ4v) is 4.52. The van der Waals surface area contributed by atoms with Crippen LogP contribution in [-0.4, -0.2) is 32.9 Å². The molecule has 4 atom stereocenters. The second-order valence-corrected chi connectivity index (χ2v) is 7.26. The average molecular weight is 324 g/mol. The summed E-state index contributed by atoms with van der Waals surface area (Å²) in [6.07, 6.45) is 5.18. The first-order chi connectivity index (χ1) is 10.5. The summed E-state index contributed by atoms with van der Waals surface area (Å²) in [7, 11) is 0. The van der Waals surface area contributed by atoms with Crippen LogP contribution in [0.4, 0.5) is 0 Å². The van der Waals surface area contributed by atoms with Gasteiger partial charge in [-0.1, -0.05) is 18.2 Å². The van der Waals surface area contributed by atoms with Crippen LogP contribution in [0.25, 0.3) is 0 Å². The summed E-state index contributed by atoms with van der Waals surface area (Å²) in [5.74, 6) is 2.21. The lowest BCUT2D eigenvalue weighted by atomic mass is 9.84. The predicted octanol–water partition coefficient (Wildman–Crippen LogP) is 0.491. The SMILES string of the molecule is C[C@H](NC(=O)CSc1n[nH]c(=O)[nH]c1=O)[C@H]1C[C@H]2CC[C@H]1C2. The third kappa shape index (κ3) is 3.26. The smallest absolute Gasteiger partial charge is 0.342 e. The normalized spacial score (nSPS) is 27.8. The van der Waals surface area contributed by atoms with Gasteiger partial charge in [-0.05, 0) is 43.9 Å². The van der Waals surface area contributed by atoms with Crippen LogP contribution in [0.3, 0.4) is 0 Å². The molecule has 0 radical (unpaired) electrons. The van der Waals surface area contributed by atoms with E-state index in [9.17, 15) is 14.4 Å². The maximum Gasteiger partial charge on any atom is 0.342 e. The monoisotopic (exact) mass is 324 g/mol. The summed E-state index contributed by atoms with van der Waals surface area (Å²) in [5.41, 5.74) is -1.22. The number of thioether (sulfide) groups is 1. The molecule has 8 heteroatoms. The average Bonchev–Trinajstić information content (AvgIpc) is 3.09. The van der Waals surface area contributed by atoms with E-state index in [4.69, 9.17) is 0 Å². The molecule has 1 amide bonds. The van der Waals surface area contributed by atoms with Gasteiger partial charge in [0.1, 0.15) is 0 Å². The van der Waals surface area contributed by atoms with E-state index in [0.29, 0.717) is 5.92 Å². The summed E-state index contributed by atoms with van der Waals surface area (Å²) < 4.78 is 0. The Morgan fingerprint density at radius 3 is 2.86 bits per heavy atom. The number of carbonyl (C=O) groups excluding carboxylic acids is 1. The highest BCUT2D eigenvalue weighted by Crippen LogP contribution is 2.49. The Labute approximate surface area is 131 Å². The molecule has 0 saturated heterocycles. The molecule has 7 nitrogen and oxygen atoms in total. The van der Waals surface area contributed by atoms with E-state index in [-0.39, 0.29) is 22.7 Å². The van der Waals surface area contributed by atoms with Crippen molar-refractivity contribution in [2.75, 3.05) is 5.75 Å². The van der Waals surface area contributed by atoms with Crippen molar-refractivity contribution in [3.63, 3.8) is 0 Å². The summed E-state index contributed by atoms with van der Waals surface area (Å²) in [6.45, 7) is 2.07. The van der Waals surface area contributed by atoms with Crippen LogP contribution >= 0.6 is 11.8 Å². The van der Waals surface area contributed by atoms with Gasteiger partial charge in [0.05, 0.1) is 5.75 Å². The van der Waals surface area contributed by atoms with Gasteiger partial charge in [0.15, 0.2) is 5.03 Å². The van der Waals surface area contributed by atoms with Gasteiger partial charge in [0.2, 0.25) is 5.91 Å². The number of hydrogen-bond acceptors (Lipinski definition) is 5. The van der Waals surface area contributed by atoms with Crippen LogP contribution in [0.2, 0.25) is 0 Å². The highest BCUT2D eigenvalue weighted by atomic mass is 32.2. The fourth-order valence-electron chi connectivity index (χ4n) is 3.88. The first kappa shape index (κ1) is 15.3. The van der Waals surface area contributed by atoms with Crippen molar-refractivity contribution in [2.24, 2.45) is 17.8 Å². The molecule has 22 heavy (non-hydrogen) atoms. The quantitative estimate of drug-likeness (QED) is 0.683. The van der Waals surface area contributed by atoms with Crippen LogP contribution in [-0.2, 0) is 4.79 Å². The molecule has 0 unspecified atom stereocenters. The van der Waals surface area contributed by atoms with Crippen molar-refractivity contribution in [1.29, 1.82) is 0 Å². The summed E-state index contributed by atoms with van der Waals surface area (Å²) in [6, 6.07) is 0.172. The minimum atomic E-state index is -0.649. The number of aromatic amines is 2. The van der Waals surface area contributed by atoms with Gasteiger partial charge >= 0.3 is 5.69 Å². The molecule has 2 fully saturated rings. The Balaban J connectivity index is 1.50. The Morgan fingerprint density at radius 2 is 2.23 bits per heavy atom. The van der Waals surface area contributed by atoms with Crippen molar-refractivity contribution < 1.29 is 4.79 Å². The van der Waals surface area contributed by atoms with Crippen molar-refractivity contribution >= 4 is 17.7 Å². The third-order valence-electron chi connectivity index (χ3n) is 4.84. The van der Waals surface area contributed by atoms with Gasteiger partial charge in [-0.2, -0.15) is 5.10 Å². The molecule has 2 bridgehead atoms. The molecule has 120 valence electrons. The largest absolute Gasteiger partial charge is 0.353 e. The van der Waals surface area contributed by atoms with Crippen LogP contribution in [0.5, 0.6) is 0 Å². The molecule has 2 aliphatic carbocycles. The molecular formula is C14H20N4O3S. The highest BCUT2D eigenvalue weighted by Gasteiger charge is 2.42. The molecule has 2 saturated carbocycles. The second kappa shape index (κ2) is 6.28. The van der Waals surface area contributed by atoms with Gasteiger partial charge in [0, 0.05) is 6.04 Å². The van der Waals surface area contributed by atoms with Crippen molar-refractivity contribution in [2.45, 2.75) is 43.7 Å². The van der Waals surface area contributed by atoms with E-state index in [1.165, 1.54) is 25.7 Å². The molecule has 2 aliphatic rings. The maximum absolute atomic E-state index is 12.0. The lowest BCUT2D eigenvalue weighted by molar-refractivity contribution is -0.119. The van der Waals surface area contributed by atoms with Crippen molar-refractivity contribution in [1.82, 2.24) is 20.5 Å². The van der Waals surface area contributed by atoms with Gasteiger partial charge in [0.25, 0.3) is 5.56 Å². The van der Waals surface area contributed by atoms with Gasteiger partial charge < -0.3 is 5.32 Å². The van der Waals surface area contributed by atoms with Crippen molar-refractivity contribution in [3.05, 3.63) is 20.8 Å². The number of hydrogen-bond donors (Lipinski definition) is 3. The number of rotatable bonds is 5. The minimum Gasteiger partial charge on any atom is -0.353 e. The molecule has 0 aliphatic heterocycles. The van der Waals surface area contributed by atoms with E-state index < -0.39 is 11.2 Å². The number of nitrogens with zero attached hydrogens (tertiary/aromatic N) is 1. The maximum atomic E-state index is 12.0. The topological polar surface area (TPSA) is 108 Å². The van der Waals surface area contributed by atoms with Crippen LogP contribution in [0, 0.1) is 17.8 Å². The fraction of sp³-hybridized carbons (Fsp3) is 0.714. The Bertz CT molecular complexity index is 671. The number of carbonyl (C=O) groups is 1. The zero-order valence-electron chi connectivity index (χ0n) is 12.4. The summed E-state index contributed by atoms with van der Waals surface area (Å²) in [5, 5.41) is 8.93. The number of aromatic nitrogens is 3. The molecule has 1 heterocycles. The van der Waals surface area contributed by atoms with Crippen LogP contribution < -0.4 is 16.6 Å². The molecule has 3 rings (SSSR count). The first-order valence-electron chi connectivity index (χ1n) is 7.64. The van der Waals surface area contributed by atoms with E-state index in [1.54, 1.807) is 0 Å². The molecule has 1 aromatic heterocycles. The van der Waals surface area contributed by atoms with Gasteiger partial charge in [-0.15, -0.1) is 0 Å². The summed E-state index contributed by atoms with van der Waals surface area (Å²) in [4.78, 5) is 36.5. The third-order valence-corrected chi connectivity index (χ3v) is 5.80. The zero-order chi connectivity index (χ0) is 15.7. The second-order valence-electron chi connectivity index (χ2n) is 6.30. The van der Waals surface area contributed by atoms with E-state index in [0.717, 1.165) is 23.6 Å². The lowest BCUT2D eigenvalue weighted by Gasteiger charge is -2.28. The van der Waals surface area contributed by atoms with E-state index >= 15 is 0 Å². The van der Waals surface area contributed by atoms with Gasteiger partial charge in [-0.25, -0.2) is 9.89 Å². The Hall–Kier alpha value is -1.57. The molecule has 1 aromatic rings. The van der Waals surface area contributed by atoms with E-state index in [2.05, 4.69) is 27.4 Å². The van der Waals surface area contributed by atoms with E-state index in [1.807, 2.05) is 0 Å². The molecule has 0 aromatic carbocycles. The predicted molar refractivity (Wildman–Crippen MR) is 82.7 cm³/mol. The first-order valence-corrected chi connectivity index (χ1v) is 8.62.